The molecule has 1 aromatic carbocycles. The van der Waals surface area contributed by atoms with Crippen LogP contribution in [0.4, 0.5) is 13.2 Å². The van der Waals surface area contributed by atoms with Gasteiger partial charge in [0.15, 0.2) is 0 Å². The third-order valence-corrected chi connectivity index (χ3v) is 6.08. The van der Waals surface area contributed by atoms with E-state index in [4.69, 9.17) is 0 Å². The van der Waals surface area contributed by atoms with Gasteiger partial charge in [0.25, 0.3) is 0 Å². The maximum atomic E-state index is 13.0. The van der Waals surface area contributed by atoms with Crippen LogP contribution in [0.3, 0.4) is 0 Å². The zero-order chi connectivity index (χ0) is 20.6. The number of aromatic nitrogens is 3. The number of aryl methyl sites for hydroxylation is 1. The van der Waals surface area contributed by atoms with E-state index < -0.39 is 11.7 Å². The Morgan fingerprint density at radius 3 is 2.90 bits per heavy atom. The van der Waals surface area contributed by atoms with Gasteiger partial charge >= 0.3 is 6.18 Å². The molecule has 0 saturated heterocycles. The van der Waals surface area contributed by atoms with Crippen molar-refractivity contribution in [2.45, 2.75) is 39.0 Å². The molecule has 4 rings (SSSR count). The van der Waals surface area contributed by atoms with Crippen LogP contribution >= 0.6 is 11.3 Å². The van der Waals surface area contributed by atoms with E-state index in [1.807, 2.05) is 11.5 Å². The van der Waals surface area contributed by atoms with Crippen LogP contribution in [0, 0.1) is 0 Å². The van der Waals surface area contributed by atoms with Crippen LogP contribution in [0.2, 0.25) is 0 Å². The van der Waals surface area contributed by atoms with Crippen LogP contribution in [0.5, 0.6) is 0 Å². The first-order chi connectivity index (χ1) is 13.8. The number of carbonyl (C=O) groups excluding carboxylic acids is 1. The van der Waals surface area contributed by atoms with Crippen LogP contribution in [0.1, 0.15) is 28.9 Å². The van der Waals surface area contributed by atoms with Crippen molar-refractivity contribution in [2.75, 3.05) is 6.54 Å². The van der Waals surface area contributed by atoms with Gasteiger partial charge in [-0.25, -0.2) is 9.97 Å². The molecule has 3 heterocycles. The van der Waals surface area contributed by atoms with Crippen LogP contribution in [-0.4, -0.2) is 31.9 Å². The van der Waals surface area contributed by atoms with Crippen molar-refractivity contribution in [1.29, 1.82) is 0 Å². The van der Waals surface area contributed by atoms with Crippen LogP contribution in [0.15, 0.2) is 36.7 Å². The minimum Gasteiger partial charge on any atom is -0.336 e. The van der Waals surface area contributed by atoms with Crippen molar-refractivity contribution < 1.29 is 18.0 Å². The fraction of sp³-hybridized carbons (Fsp3) is 0.350. The molecule has 1 aliphatic heterocycles. The zero-order valence-corrected chi connectivity index (χ0v) is 16.6. The Morgan fingerprint density at radius 1 is 1.31 bits per heavy atom. The number of alkyl halides is 3. The van der Waals surface area contributed by atoms with Crippen molar-refractivity contribution in [3.05, 3.63) is 58.6 Å². The van der Waals surface area contributed by atoms with Crippen LogP contribution in [0.25, 0.3) is 10.6 Å². The smallest absolute Gasteiger partial charge is 0.336 e. The Balaban J connectivity index is 1.51. The van der Waals surface area contributed by atoms with Gasteiger partial charge in [-0.2, -0.15) is 13.2 Å². The molecule has 3 aromatic rings. The third kappa shape index (κ3) is 4.05. The van der Waals surface area contributed by atoms with Gasteiger partial charge in [-0.05, 0) is 12.1 Å². The molecular weight excluding hydrogens is 401 g/mol. The van der Waals surface area contributed by atoms with Gasteiger partial charge in [-0.15, -0.1) is 11.3 Å². The van der Waals surface area contributed by atoms with E-state index >= 15 is 0 Å². The largest absolute Gasteiger partial charge is 0.416 e. The van der Waals surface area contributed by atoms with Gasteiger partial charge in [0, 0.05) is 42.2 Å². The molecule has 29 heavy (non-hydrogen) atoms. The molecule has 0 N–H and O–H groups in total. The molecule has 1 amide bonds. The van der Waals surface area contributed by atoms with E-state index in [2.05, 4.69) is 9.97 Å². The van der Waals surface area contributed by atoms with Gasteiger partial charge in [0.05, 0.1) is 17.8 Å². The standard InChI is InChI=1S/C20H19F3N4OS/c1-2-17-24-7-9-26(17)12-18(28)27-8-6-15-16(11-27)29-19(25-15)13-4-3-5-14(10-13)20(21,22)23/h3-5,7,9-10H,2,6,8,11-12H2,1H3. The molecule has 0 aliphatic carbocycles. The zero-order valence-electron chi connectivity index (χ0n) is 15.7. The normalized spacial score (nSPS) is 14.1. The summed E-state index contributed by atoms with van der Waals surface area (Å²) in [6, 6.07) is 5.20. The van der Waals surface area contributed by atoms with Crippen molar-refractivity contribution >= 4 is 17.2 Å². The maximum absolute atomic E-state index is 13.0. The van der Waals surface area contributed by atoms with Gasteiger partial charge < -0.3 is 9.47 Å². The van der Waals surface area contributed by atoms with E-state index in [-0.39, 0.29) is 12.5 Å². The average molecular weight is 420 g/mol. The number of nitrogens with zero attached hydrogens (tertiary/aromatic N) is 4. The van der Waals surface area contributed by atoms with Crippen LogP contribution < -0.4 is 0 Å². The molecule has 2 aromatic heterocycles. The van der Waals surface area contributed by atoms with Crippen molar-refractivity contribution in [3.8, 4) is 10.6 Å². The van der Waals surface area contributed by atoms with Gasteiger partial charge in [-0.3, -0.25) is 4.79 Å². The highest BCUT2D eigenvalue weighted by Gasteiger charge is 2.31. The Labute approximate surface area is 169 Å². The lowest BCUT2D eigenvalue weighted by molar-refractivity contribution is -0.137. The molecular formula is C20H19F3N4OS. The first-order valence-electron chi connectivity index (χ1n) is 9.29. The molecule has 0 atom stereocenters. The molecule has 0 fully saturated rings. The highest BCUT2D eigenvalue weighted by Crippen LogP contribution is 2.35. The SMILES string of the molecule is CCc1nccn1CC(=O)N1CCc2nc(-c3cccc(C(F)(F)F)c3)sc2C1. The summed E-state index contributed by atoms with van der Waals surface area (Å²) in [5.74, 6) is 0.859. The molecule has 0 spiro atoms. The fourth-order valence-corrected chi connectivity index (χ4v) is 4.52. The monoisotopic (exact) mass is 420 g/mol. The summed E-state index contributed by atoms with van der Waals surface area (Å²) in [7, 11) is 0. The highest BCUT2D eigenvalue weighted by molar-refractivity contribution is 7.15. The van der Waals surface area contributed by atoms with Crippen molar-refractivity contribution in [1.82, 2.24) is 19.4 Å². The van der Waals surface area contributed by atoms with Gasteiger partial charge in [0.2, 0.25) is 5.91 Å². The molecule has 0 radical (unpaired) electrons. The lowest BCUT2D eigenvalue weighted by Crippen LogP contribution is -2.37. The van der Waals surface area contributed by atoms with E-state index in [0.29, 0.717) is 30.1 Å². The topological polar surface area (TPSA) is 51.0 Å². The third-order valence-electron chi connectivity index (χ3n) is 4.94. The van der Waals surface area contributed by atoms with Gasteiger partial charge in [0.1, 0.15) is 17.4 Å². The first kappa shape index (κ1) is 19.6. The van der Waals surface area contributed by atoms with Crippen molar-refractivity contribution in [3.63, 3.8) is 0 Å². The molecule has 0 unspecified atom stereocenters. The number of hydrogen-bond donors (Lipinski definition) is 0. The second-order valence-corrected chi connectivity index (χ2v) is 7.94. The quantitative estimate of drug-likeness (QED) is 0.637. The molecule has 5 nitrogen and oxygen atoms in total. The number of thiazole rings is 1. The summed E-state index contributed by atoms with van der Waals surface area (Å²) in [5.41, 5.74) is 0.624. The second kappa shape index (κ2) is 7.62. The Hall–Kier alpha value is -2.68. The number of hydrogen-bond acceptors (Lipinski definition) is 4. The molecule has 9 heteroatoms. The van der Waals surface area contributed by atoms with E-state index in [0.717, 1.165) is 34.9 Å². The molecule has 0 bridgehead atoms. The number of benzene rings is 1. The predicted molar refractivity (Wildman–Crippen MR) is 103 cm³/mol. The summed E-state index contributed by atoms with van der Waals surface area (Å²) >= 11 is 1.35. The fourth-order valence-electron chi connectivity index (χ4n) is 3.40. The summed E-state index contributed by atoms with van der Waals surface area (Å²) in [4.78, 5) is 24.2. The lowest BCUT2D eigenvalue weighted by Gasteiger charge is -2.26. The first-order valence-corrected chi connectivity index (χ1v) is 10.1. The number of halogens is 3. The number of imidazole rings is 1. The second-order valence-electron chi connectivity index (χ2n) is 6.86. The van der Waals surface area contributed by atoms with Crippen molar-refractivity contribution in [2.24, 2.45) is 0 Å². The van der Waals surface area contributed by atoms with E-state index in [1.165, 1.54) is 17.4 Å². The number of carbonyl (C=O) groups is 1. The summed E-state index contributed by atoms with van der Waals surface area (Å²) < 4.78 is 40.8. The Bertz CT molecular complexity index is 1040. The average Bonchev–Trinajstić information content (AvgIpc) is 3.33. The Morgan fingerprint density at radius 2 is 2.14 bits per heavy atom. The van der Waals surface area contributed by atoms with Gasteiger partial charge in [-0.1, -0.05) is 19.1 Å². The maximum Gasteiger partial charge on any atom is 0.416 e. The number of amides is 1. The summed E-state index contributed by atoms with van der Waals surface area (Å²) in [6.45, 7) is 3.20. The Kier molecular flexibility index (Phi) is 5.16. The molecule has 0 saturated carbocycles. The highest BCUT2D eigenvalue weighted by atomic mass is 32.1. The minimum absolute atomic E-state index is 0.00244. The lowest BCUT2D eigenvalue weighted by atomic mass is 10.1. The number of rotatable bonds is 4. The number of fused-ring (bicyclic) bond motifs is 1. The minimum atomic E-state index is -4.39. The summed E-state index contributed by atoms with van der Waals surface area (Å²) in [6.07, 6.45) is 0.441. The predicted octanol–water partition coefficient (Wildman–Crippen LogP) is 4.17. The molecule has 1 aliphatic rings. The van der Waals surface area contributed by atoms with Crippen LogP contribution in [-0.2, 0) is 36.9 Å². The molecule has 152 valence electrons. The van der Waals surface area contributed by atoms with E-state index in [9.17, 15) is 18.0 Å². The summed E-state index contributed by atoms with van der Waals surface area (Å²) in [5, 5.41) is 0.554. The van der Waals surface area contributed by atoms with E-state index in [1.54, 1.807) is 23.4 Å².